The zero-order valence-electron chi connectivity index (χ0n) is 9.89. The number of hydrogen-bond acceptors (Lipinski definition) is 4. The molecule has 0 fully saturated rings. The molecule has 0 saturated carbocycles. The van der Waals surface area contributed by atoms with Gasteiger partial charge in [0.1, 0.15) is 0 Å². The van der Waals surface area contributed by atoms with Gasteiger partial charge in [0.25, 0.3) is 0 Å². The van der Waals surface area contributed by atoms with Gasteiger partial charge in [0.15, 0.2) is 0 Å². The summed E-state index contributed by atoms with van der Waals surface area (Å²) in [6, 6.07) is 7.78. The summed E-state index contributed by atoms with van der Waals surface area (Å²) in [4.78, 5) is 25.9. The smallest absolute Gasteiger partial charge is 0.246 e. The molecule has 6 heteroatoms. The fraction of sp³-hybridized carbons (Fsp3) is 0.333. The van der Waals surface area contributed by atoms with Gasteiger partial charge in [-0.2, -0.15) is 0 Å². The molecule has 0 saturated heterocycles. The second-order valence-electron chi connectivity index (χ2n) is 3.84. The van der Waals surface area contributed by atoms with Gasteiger partial charge in [0.2, 0.25) is 11.8 Å². The molecule has 0 aliphatic carbocycles. The van der Waals surface area contributed by atoms with Gasteiger partial charge in [-0.1, -0.05) is 12.1 Å². The number of hydrogen-bond donors (Lipinski definition) is 2. The Kier molecular flexibility index (Phi) is 4.22. The Morgan fingerprint density at radius 1 is 1.39 bits per heavy atom. The van der Waals surface area contributed by atoms with Crippen molar-refractivity contribution in [3.8, 4) is 0 Å². The van der Waals surface area contributed by atoms with Crippen LogP contribution in [0.4, 0.5) is 5.69 Å². The van der Waals surface area contributed by atoms with E-state index in [1.165, 1.54) is 0 Å². The van der Waals surface area contributed by atoms with Crippen LogP contribution < -0.4 is 16.0 Å². The number of amides is 2. The molecule has 1 aliphatic heterocycles. The molecule has 0 bridgehead atoms. The highest BCUT2D eigenvalue weighted by atomic mass is 32.2. The Morgan fingerprint density at radius 3 is 2.94 bits per heavy atom. The van der Waals surface area contributed by atoms with Crippen molar-refractivity contribution in [2.45, 2.75) is 4.90 Å². The monoisotopic (exact) mass is 265 g/mol. The number of anilines is 1. The van der Waals surface area contributed by atoms with Crippen molar-refractivity contribution >= 4 is 29.3 Å². The van der Waals surface area contributed by atoms with Crippen molar-refractivity contribution in [3.05, 3.63) is 24.3 Å². The topological polar surface area (TPSA) is 75.4 Å². The van der Waals surface area contributed by atoms with E-state index in [1.807, 2.05) is 24.3 Å². The minimum Gasteiger partial charge on any atom is -0.346 e. The van der Waals surface area contributed by atoms with Crippen LogP contribution in [0.3, 0.4) is 0 Å². The Balaban J connectivity index is 2.06. The zero-order chi connectivity index (χ0) is 13.0. The third-order valence-electron chi connectivity index (χ3n) is 2.65. The van der Waals surface area contributed by atoms with Crippen molar-refractivity contribution < 1.29 is 9.59 Å². The summed E-state index contributed by atoms with van der Waals surface area (Å²) < 4.78 is 0. The number of fused-ring (bicyclic) bond motifs is 1. The Bertz CT molecular complexity index is 464. The summed E-state index contributed by atoms with van der Waals surface area (Å²) >= 11 is 1.74. The molecule has 18 heavy (non-hydrogen) atoms. The van der Waals surface area contributed by atoms with Crippen molar-refractivity contribution in [2.24, 2.45) is 5.73 Å². The normalized spacial score (nSPS) is 13.9. The highest BCUT2D eigenvalue weighted by molar-refractivity contribution is 7.99. The molecule has 2 amide bonds. The quantitative estimate of drug-likeness (QED) is 0.818. The van der Waals surface area contributed by atoms with Gasteiger partial charge in [-0.05, 0) is 12.1 Å². The molecule has 2 rings (SSSR count). The van der Waals surface area contributed by atoms with E-state index in [0.717, 1.165) is 16.3 Å². The molecule has 1 aromatic carbocycles. The molecule has 5 nitrogen and oxygen atoms in total. The molecule has 0 atom stereocenters. The third-order valence-corrected chi connectivity index (χ3v) is 3.69. The number of carbonyl (C=O) groups excluding carboxylic acids is 2. The van der Waals surface area contributed by atoms with Crippen LogP contribution in [0.25, 0.3) is 0 Å². The number of nitrogens with two attached hydrogens (primary N) is 1. The standard InChI is InChI=1S/C12H15N3O2S/c13-7-11(16)14-8-12(17)15-5-6-18-10-4-2-1-3-9(10)15/h1-4H,5-8,13H2,(H,14,16). The van der Waals surface area contributed by atoms with E-state index in [2.05, 4.69) is 5.32 Å². The summed E-state index contributed by atoms with van der Waals surface area (Å²) in [6.07, 6.45) is 0. The lowest BCUT2D eigenvalue weighted by Crippen LogP contribution is -2.43. The first-order valence-corrected chi connectivity index (χ1v) is 6.70. The van der Waals surface area contributed by atoms with Gasteiger partial charge < -0.3 is 16.0 Å². The lowest BCUT2D eigenvalue weighted by Gasteiger charge is -2.29. The highest BCUT2D eigenvalue weighted by Gasteiger charge is 2.22. The average molecular weight is 265 g/mol. The largest absolute Gasteiger partial charge is 0.346 e. The van der Waals surface area contributed by atoms with Crippen LogP contribution >= 0.6 is 11.8 Å². The maximum Gasteiger partial charge on any atom is 0.246 e. The molecule has 3 N–H and O–H groups in total. The van der Waals surface area contributed by atoms with Crippen molar-refractivity contribution in [2.75, 3.05) is 30.3 Å². The number of rotatable bonds is 3. The minimum atomic E-state index is -0.317. The first-order chi connectivity index (χ1) is 8.72. The van der Waals surface area contributed by atoms with Crippen molar-refractivity contribution in [1.82, 2.24) is 5.32 Å². The molecule has 0 radical (unpaired) electrons. The fourth-order valence-electron chi connectivity index (χ4n) is 1.77. The number of benzene rings is 1. The van der Waals surface area contributed by atoms with Crippen LogP contribution in [0.5, 0.6) is 0 Å². The summed E-state index contributed by atoms with van der Waals surface area (Å²) in [5.41, 5.74) is 6.09. The predicted octanol–water partition coefficient (Wildman–Crippen LogP) is 0.200. The molecule has 1 heterocycles. The van der Waals surface area contributed by atoms with Crippen molar-refractivity contribution in [1.29, 1.82) is 0 Å². The Hall–Kier alpha value is -1.53. The first kappa shape index (κ1) is 12.9. The van der Waals surface area contributed by atoms with Gasteiger partial charge in [0, 0.05) is 17.2 Å². The van der Waals surface area contributed by atoms with Gasteiger partial charge in [0.05, 0.1) is 18.8 Å². The molecule has 0 spiro atoms. The van der Waals surface area contributed by atoms with E-state index in [1.54, 1.807) is 16.7 Å². The van der Waals surface area contributed by atoms with E-state index in [4.69, 9.17) is 5.73 Å². The molecular formula is C12H15N3O2S. The van der Waals surface area contributed by atoms with E-state index < -0.39 is 0 Å². The third kappa shape index (κ3) is 2.83. The van der Waals surface area contributed by atoms with Crippen LogP contribution in [0, 0.1) is 0 Å². The van der Waals surface area contributed by atoms with Crippen LogP contribution in [-0.4, -0.2) is 37.2 Å². The predicted molar refractivity (Wildman–Crippen MR) is 71.6 cm³/mol. The number of nitrogens with zero attached hydrogens (tertiary/aromatic N) is 1. The second-order valence-corrected chi connectivity index (χ2v) is 4.98. The highest BCUT2D eigenvalue weighted by Crippen LogP contribution is 2.34. The lowest BCUT2D eigenvalue weighted by molar-refractivity contribution is -0.124. The first-order valence-electron chi connectivity index (χ1n) is 5.71. The molecule has 1 aromatic rings. The van der Waals surface area contributed by atoms with E-state index >= 15 is 0 Å². The zero-order valence-corrected chi connectivity index (χ0v) is 10.7. The SMILES string of the molecule is NCC(=O)NCC(=O)N1CCSc2ccccc21. The van der Waals surface area contributed by atoms with Gasteiger partial charge in [-0.15, -0.1) is 11.8 Å². The molecular weight excluding hydrogens is 250 g/mol. The minimum absolute atomic E-state index is 0.00493. The molecule has 0 aromatic heterocycles. The summed E-state index contributed by atoms with van der Waals surface area (Å²) in [5, 5.41) is 2.50. The Labute approximate surface area is 110 Å². The summed E-state index contributed by atoms with van der Waals surface area (Å²) in [7, 11) is 0. The average Bonchev–Trinajstić information content (AvgIpc) is 2.43. The van der Waals surface area contributed by atoms with Crippen LogP contribution in [-0.2, 0) is 9.59 Å². The number of nitrogens with one attached hydrogen (secondary N) is 1. The maximum atomic E-state index is 12.0. The maximum absolute atomic E-state index is 12.0. The van der Waals surface area contributed by atoms with Crippen LogP contribution in [0.15, 0.2) is 29.2 Å². The summed E-state index contributed by atoms with van der Waals surface area (Å²) in [5.74, 6) is 0.445. The summed E-state index contributed by atoms with van der Waals surface area (Å²) in [6.45, 7) is 0.563. The lowest BCUT2D eigenvalue weighted by atomic mass is 10.2. The van der Waals surface area contributed by atoms with Gasteiger partial charge in [-0.25, -0.2) is 0 Å². The van der Waals surface area contributed by atoms with E-state index in [9.17, 15) is 9.59 Å². The van der Waals surface area contributed by atoms with E-state index in [-0.39, 0.29) is 24.9 Å². The molecule has 96 valence electrons. The molecule has 1 aliphatic rings. The second kappa shape index (κ2) is 5.88. The van der Waals surface area contributed by atoms with Gasteiger partial charge in [-0.3, -0.25) is 9.59 Å². The molecule has 0 unspecified atom stereocenters. The van der Waals surface area contributed by atoms with Crippen molar-refractivity contribution in [3.63, 3.8) is 0 Å². The number of para-hydroxylation sites is 1. The fourth-order valence-corrected chi connectivity index (χ4v) is 2.77. The van der Waals surface area contributed by atoms with Crippen LogP contribution in [0.1, 0.15) is 0 Å². The van der Waals surface area contributed by atoms with Gasteiger partial charge >= 0.3 is 0 Å². The number of carbonyl (C=O) groups is 2. The van der Waals surface area contributed by atoms with E-state index in [0.29, 0.717) is 6.54 Å². The number of thioether (sulfide) groups is 1. The Morgan fingerprint density at radius 2 is 2.17 bits per heavy atom. The van der Waals surface area contributed by atoms with Crippen LogP contribution in [0.2, 0.25) is 0 Å².